The van der Waals surface area contributed by atoms with E-state index in [4.69, 9.17) is 47.4 Å². The predicted molar refractivity (Wildman–Crippen MR) is 136 cm³/mol. The third-order valence-electron chi connectivity index (χ3n) is 5.71. The van der Waals surface area contributed by atoms with Crippen molar-refractivity contribution in [2.75, 3.05) is 26.4 Å². The van der Waals surface area contributed by atoms with Crippen LogP contribution in [0.1, 0.15) is 48.0 Å². The van der Waals surface area contributed by atoms with Crippen LogP contribution < -0.4 is 14.2 Å². The van der Waals surface area contributed by atoms with E-state index >= 15 is 0 Å². The molecule has 14 heteroatoms. The highest BCUT2D eigenvalue weighted by Gasteiger charge is 2.52. The van der Waals surface area contributed by atoms with Gasteiger partial charge in [-0.2, -0.15) is 0 Å². The molecule has 1 aromatic rings. The van der Waals surface area contributed by atoms with Gasteiger partial charge in [-0.25, -0.2) is 0 Å². The van der Waals surface area contributed by atoms with Crippen LogP contribution in [0.4, 0.5) is 0 Å². The predicted octanol–water partition coefficient (Wildman–Crippen LogP) is 2.04. The molecule has 1 fully saturated rings. The van der Waals surface area contributed by atoms with Crippen LogP contribution in [0.3, 0.4) is 0 Å². The van der Waals surface area contributed by atoms with Crippen LogP contribution in [0, 0.1) is 0 Å². The Bertz CT molecular complexity index is 1090. The van der Waals surface area contributed by atoms with Crippen molar-refractivity contribution in [2.24, 2.45) is 0 Å². The second-order valence-corrected chi connectivity index (χ2v) is 9.22. The molecule has 14 nitrogen and oxygen atoms in total. The van der Waals surface area contributed by atoms with E-state index in [-0.39, 0.29) is 19.8 Å². The summed E-state index contributed by atoms with van der Waals surface area (Å²) in [6.45, 7) is 8.40. The molecule has 0 N–H and O–H groups in total. The number of hydrogen-bond acceptors (Lipinski definition) is 14. The van der Waals surface area contributed by atoms with Gasteiger partial charge in [0, 0.05) is 41.0 Å². The van der Waals surface area contributed by atoms with Crippen LogP contribution in [-0.4, -0.2) is 87.0 Å². The van der Waals surface area contributed by atoms with E-state index in [1.165, 1.54) is 6.92 Å². The number of para-hydroxylation sites is 1. The number of esters is 4. The number of hydrogen-bond donors (Lipinski definition) is 0. The highest BCUT2D eigenvalue weighted by Crippen LogP contribution is 2.46. The van der Waals surface area contributed by atoms with Gasteiger partial charge >= 0.3 is 29.9 Å². The van der Waals surface area contributed by atoms with Gasteiger partial charge in [-0.05, 0) is 19.1 Å². The number of carbonyl (C=O) groups is 4. The summed E-state index contributed by atoms with van der Waals surface area (Å²) in [5.41, 5.74) is 0. The van der Waals surface area contributed by atoms with Crippen LogP contribution in [0.15, 0.2) is 18.2 Å². The van der Waals surface area contributed by atoms with E-state index in [9.17, 15) is 19.2 Å². The smallest absolute Gasteiger partial charge is 0.369 e. The molecule has 1 saturated heterocycles. The maximum Gasteiger partial charge on any atom is 0.369 e. The summed E-state index contributed by atoms with van der Waals surface area (Å²) >= 11 is 0. The summed E-state index contributed by atoms with van der Waals surface area (Å²) in [5.74, 6) is -2.70. The lowest BCUT2D eigenvalue weighted by molar-refractivity contribution is -0.308. The van der Waals surface area contributed by atoms with Crippen LogP contribution in [0.5, 0.6) is 17.2 Å². The van der Waals surface area contributed by atoms with Gasteiger partial charge < -0.3 is 47.4 Å². The van der Waals surface area contributed by atoms with Crippen molar-refractivity contribution in [3.05, 3.63) is 18.2 Å². The molecule has 41 heavy (non-hydrogen) atoms. The first-order valence-electron chi connectivity index (χ1n) is 13.1. The Morgan fingerprint density at radius 3 is 2.15 bits per heavy atom. The number of rotatable bonds is 13. The lowest BCUT2D eigenvalue weighted by atomic mass is 9.98. The van der Waals surface area contributed by atoms with E-state index in [2.05, 4.69) is 0 Å². The van der Waals surface area contributed by atoms with Gasteiger partial charge in [-0.3, -0.25) is 19.2 Å². The van der Waals surface area contributed by atoms with Gasteiger partial charge in [-0.1, -0.05) is 6.07 Å². The third kappa shape index (κ3) is 8.93. The number of ether oxygens (including phenoxy) is 10. The van der Waals surface area contributed by atoms with Crippen LogP contribution in [0.2, 0.25) is 0 Å². The molecule has 2 aliphatic heterocycles. The molecular formula is C27H36O14. The summed E-state index contributed by atoms with van der Waals surface area (Å²) in [7, 11) is 0. The molecule has 1 unspecified atom stereocenters. The van der Waals surface area contributed by atoms with Crippen LogP contribution in [0.25, 0.3) is 0 Å². The molecule has 3 rings (SSSR count). The van der Waals surface area contributed by atoms with E-state index in [1.54, 1.807) is 25.1 Å². The molecule has 0 bridgehead atoms. The van der Waals surface area contributed by atoms with Crippen LogP contribution >= 0.6 is 0 Å². The van der Waals surface area contributed by atoms with Gasteiger partial charge in [0.2, 0.25) is 5.75 Å². The minimum atomic E-state index is -1.31. The Hall–Kier alpha value is -3.62. The fourth-order valence-electron chi connectivity index (χ4n) is 4.28. The molecule has 0 amide bonds. The fraction of sp³-hybridized carbons (Fsp3) is 0.630. The zero-order valence-electron chi connectivity index (χ0n) is 23.9. The molecule has 0 aromatic heterocycles. The van der Waals surface area contributed by atoms with Gasteiger partial charge in [0.05, 0.1) is 19.8 Å². The lowest BCUT2D eigenvalue weighted by Crippen LogP contribution is -2.63. The van der Waals surface area contributed by atoms with E-state index < -0.39 is 60.6 Å². The highest BCUT2D eigenvalue weighted by atomic mass is 16.9. The second-order valence-electron chi connectivity index (χ2n) is 9.22. The molecule has 0 radical (unpaired) electrons. The van der Waals surface area contributed by atoms with Crippen molar-refractivity contribution >= 4 is 23.9 Å². The number of carbonyl (C=O) groups excluding carboxylic acids is 4. The second kappa shape index (κ2) is 14.3. The van der Waals surface area contributed by atoms with Crippen molar-refractivity contribution in [1.29, 1.82) is 0 Å². The summed E-state index contributed by atoms with van der Waals surface area (Å²) in [6, 6.07) is 5.21. The van der Waals surface area contributed by atoms with Gasteiger partial charge in [-0.15, -0.1) is 0 Å². The summed E-state index contributed by atoms with van der Waals surface area (Å²) in [5, 5.41) is 0. The summed E-state index contributed by atoms with van der Waals surface area (Å²) in [6.07, 6.45) is -5.87. The number of fused-ring (bicyclic) bond motifs is 1. The van der Waals surface area contributed by atoms with Crippen molar-refractivity contribution in [2.45, 2.75) is 84.6 Å². The molecule has 0 spiro atoms. The Morgan fingerprint density at radius 1 is 0.854 bits per heavy atom. The fourth-order valence-corrected chi connectivity index (χ4v) is 4.28. The summed E-state index contributed by atoms with van der Waals surface area (Å²) < 4.78 is 55.9. The SMILES string of the molecule is CCOC1(C)Oc2cccc(OCCCO[C@@H]3O[C@H](COC(C)=O)[C@@H](OC(C)=O)[C@H](OC(C)=O)[C@H]3OC(C)=O)c2O1. The van der Waals surface area contributed by atoms with Gasteiger partial charge in [0.1, 0.15) is 12.7 Å². The first-order chi connectivity index (χ1) is 19.4. The molecule has 2 aliphatic rings. The zero-order chi connectivity index (χ0) is 30.2. The standard InChI is InChI=1S/C27H36O14/c1-7-35-27(6)40-20-11-8-10-19(22(20)41-27)32-12-9-13-33-26-25(38-18(5)31)24(37-17(4)30)23(36-16(3)29)21(39-26)14-34-15(2)28/h8,10-11,21,23-26H,7,9,12-14H2,1-6H3/t21-,23-,24+,25-,26-,27?/m1/s1. The Morgan fingerprint density at radius 2 is 1.51 bits per heavy atom. The van der Waals surface area contributed by atoms with E-state index in [1.807, 2.05) is 6.92 Å². The molecule has 1 aromatic carbocycles. The zero-order valence-corrected chi connectivity index (χ0v) is 23.9. The topological polar surface area (TPSA) is 161 Å². The number of benzene rings is 1. The minimum Gasteiger partial charge on any atom is -0.489 e. The quantitative estimate of drug-likeness (QED) is 0.188. The van der Waals surface area contributed by atoms with Gasteiger partial charge in [0.25, 0.3) is 0 Å². The Kier molecular flexibility index (Phi) is 11.1. The molecule has 6 atom stereocenters. The molecule has 2 heterocycles. The average molecular weight is 585 g/mol. The van der Waals surface area contributed by atoms with Crippen molar-refractivity contribution in [3.8, 4) is 17.2 Å². The van der Waals surface area contributed by atoms with Crippen molar-refractivity contribution in [3.63, 3.8) is 0 Å². The average Bonchev–Trinajstić information content (AvgIpc) is 3.22. The Labute approximate surface area is 237 Å². The molecule has 0 aliphatic carbocycles. The third-order valence-corrected chi connectivity index (χ3v) is 5.71. The first kappa shape index (κ1) is 31.9. The monoisotopic (exact) mass is 584 g/mol. The lowest BCUT2D eigenvalue weighted by Gasteiger charge is -2.44. The normalized spacial score (nSPS) is 26.5. The van der Waals surface area contributed by atoms with E-state index in [0.717, 1.165) is 20.8 Å². The molecule has 228 valence electrons. The maximum atomic E-state index is 11.9. The van der Waals surface area contributed by atoms with Crippen molar-refractivity contribution in [1.82, 2.24) is 0 Å². The maximum absolute atomic E-state index is 11.9. The molecular weight excluding hydrogens is 548 g/mol. The molecule has 0 saturated carbocycles. The van der Waals surface area contributed by atoms with Crippen LogP contribution in [-0.2, 0) is 52.3 Å². The largest absolute Gasteiger partial charge is 0.489 e. The summed E-state index contributed by atoms with van der Waals surface area (Å²) in [4.78, 5) is 47.1. The minimum absolute atomic E-state index is 0.0524. The van der Waals surface area contributed by atoms with Gasteiger partial charge in [0.15, 0.2) is 36.1 Å². The van der Waals surface area contributed by atoms with E-state index in [0.29, 0.717) is 30.3 Å². The Balaban J connectivity index is 1.68. The first-order valence-corrected chi connectivity index (χ1v) is 13.1. The van der Waals surface area contributed by atoms with Crippen molar-refractivity contribution < 1.29 is 66.5 Å². The highest BCUT2D eigenvalue weighted by molar-refractivity contribution is 5.68.